The van der Waals surface area contributed by atoms with E-state index in [0.29, 0.717) is 5.03 Å². The third-order valence-corrected chi connectivity index (χ3v) is 0.780. The fraction of sp³-hybridized carbons (Fsp3) is 0. The van der Waals surface area contributed by atoms with Crippen molar-refractivity contribution < 1.29 is 19.2 Å². The van der Waals surface area contributed by atoms with Crippen molar-refractivity contribution in [2.75, 3.05) is 0 Å². The predicted octanol–water partition coefficient (Wildman–Crippen LogP) is -0.163. The van der Waals surface area contributed by atoms with Crippen LogP contribution in [0.1, 0.15) is 0 Å². The SMILES string of the molecule is O=P(O)(O)O.Sc1cnccn1. The highest BCUT2D eigenvalue weighted by Gasteiger charge is 2.00. The van der Waals surface area contributed by atoms with Crippen LogP contribution in [0.4, 0.5) is 0 Å². The molecule has 1 rings (SSSR count). The van der Waals surface area contributed by atoms with Crippen LogP contribution in [0.3, 0.4) is 0 Å². The Hall–Kier alpha value is -0.460. The summed E-state index contributed by atoms with van der Waals surface area (Å²) in [6, 6.07) is 0. The van der Waals surface area contributed by atoms with Crippen LogP contribution in [0.15, 0.2) is 23.6 Å². The van der Waals surface area contributed by atoms with Gasteiger partial charge < -0.3 is 14.7 Å². The van der Waals surface area contributed by atoms with Crippen LogP contribution < -0.4 is 0 Å². The number of hydrogen-bond donors (Lipinski definition) is 4. The summed E-state index contributed by atoms with van der Waals surface area (Å²) in [5.74, 6) is 0. The minimum atomic E-state index is -4.64. The molecule has 0 aliphatic rings. The fourth-order valence-corrected chi connectivity index (χ4v) is 0.425. The molecule has 1 aromatic heterocycles. The van der Waals surface area contributed by atoms with E-state index in [2.05, 4.69) is 22.6 Å². The molecule has 3 N–H and O–H groups in total. The summed E-state index contributed by atoms with van der Waals surface area (Å²) in [7, 11) is -4.64. The molecular weight excluding hydrogens is 203 g/mol. The number of aromatic nitrogens is 2. The Balaban J connectivity index is 0.000000217. The molecule has 0 aromatic carbocycles. The molecule has 1 aromatic rings. The summed E-state index contributed by atoms with van der Waals surface area (Å²) in [6.07, 6.45) is 4.80. The van der Waals surface area contributed by atoms with Crippen LogP contribution in [-0.4, -0.2) is 24.6 Å². The van der Waals surface area contributed by atoms with Crippen LogP contribution in [0.5, 0.6) is 0 Å². The topological polar surface area (TPSA) is 104 Å². The first-order valence-electron chi connectivity index (χ1n) is 2.63. The van der Waals surface area contributed by atoms with Crippen molar-refractivity contribution >= 4 is 20.5 Å². The number of nitrogens with zero attached hydrogens (tertiary/aromatic N) is 2. The summed E-state index contributed by atoms with van der Waals surface area (Å²) >= 11 is 3.91. The second kappa shape index (κ2) is 5.23. The lowest BCUT2D eigenvalue weighted by Crippen LogP contribution is -1.73. The van der Waals surface area contributed by atoms with Gasteiger partial charge in [0.1, 0.15) is 5.03 Å². The van der Waals surface area contributed by atoms with Gasteiger partial charge in [-0.25, -0.2) is 9.55 Å². The summed E-state index contributed by atoms with van der Waals surface area (Å²) in [6.45, 7) is 0. The van der Waals surface area contributed by atoms with E-state index in [1.165, 1.54) is 0 Å². The highest BCUT2D eigenvalue weighted by Crippen LogP contribution is 2.25. The number of phosphoric acid groups is 1. The summed E-state index contributed by atoms with van der Waals surface area (Å²) in [5.41, 5.74) is 0. The molecule has 0 saturated carbocycles. The third kappa shape index (κ3) is 12.2. The van der Waals surface area contributed by atoms with Crippen molar-refractivity contribution in [2.24, 2.45) is 0 Å². The average molecular weight is 210 g/mol. The van der Waals surface area contributed by atoms with Crippen LogP contribution in [-0.2, 0) is 4.57 Å². The van der Waals surface area contributed by atoms with E-state index < -0.39 is 7.82 Å². The molecule has 0 spiro atoms. The summed E-state index contributed by atoms with van der Waals surface area (Å²) in [5, 5.41) is 0.655. The van der Waals surface area contributed by atoms with Crippen molar-refractivity contribution in [3.63, 3.8) is 0 Å². The largest absolute Gasteiger partial charge is 0.466 e. The zero-order chi connectivity index (χ0) is 9.61. The Labute approximate surface area is 74.0 Å². The van der Waals surface area contributed by atoms with Gasteiger partial charge in [-0.15, -0.1) is 12.6 Å². The van der Waals surface area contributed by atoms with Crippen molar-refractivity contribution in [1.82, 2.24) is 9.97 Å². The van der Waals surface area contributed by atoms with E-state index in [-0.39, 0.29) is 0 Å². The first-order chi connectivity index (χ1) is 5.39. The molecule has 6 nitrogen and oxygen atoms in total. The number of thiol groups is 1. The molecule has 0 aliphatic heterocycles. The van der Waals surface area contributed by atoms with E-state index >= 15 is 0 Å². The summed E-state index contributed by atoms with van der Waals surface area (Å²) in [4.78, 5) is 29.1. The molecule has 0 bridgehead atoms. The lowest BCUT2D eigenvalue weighted by molar-refractivity contribution is 0.275. The third-order valence-electron chi connectivity index (χ3n) is 0.550. The van der Waals surface area contributed by atoms with Crippen molar-refractivity contribution in [2.45, 2.75) is 5.03 Å². The fourth-order valence-electron chi connectivity index (χ4n) is 0.291. The lowest BCUT2D eigenvalue weighted by Gasteiger charge is -1.82. The number of rotatable bonds is 0. The minimum Gasteiger partial charge on any atom is -0.303 e. The molecule has 0 aliphatic carbocycles. The maximum atomic E-state index is 8.88. The van der Waals surface area contributed by atoms with Gasteiger partial charge in [0.25, 0.3) is 0 Å². The van der Waals surface area contributed by atoms with Gasteiger partial charge >= 0.3 is 7.82 Å². The molecule has 12 heavy (non-hydrogen) atoms. The highest BCUT2D eigenvalue weighted by molar-refractivity contribution is 7.80. The monoisotopic (exact) mass is 210 g/mol. The van der Waals surface area contributed by atoms with Gasteiger partial charge in [0.2, 0.25) is 0 Å². The maximum Gasteiger partial charge on any atom is 0.466 e. The lowest BCUT2D eigenvalue weighted by atomic mass is 10.8. The molecule has 0 radical (unpaired) electrons. The van der Waals surface area contributed by atoms with Gasteiger partial charge in [0, 0.05) is 12.4 Å². The van der Waals surface area contributed by atoms with Crippen molar-refractivity contribution in [1.29, 1.82) is 0 Å². The standard InChI is InChI=1S/C4H4N2S.H3O4P/c7-4-3-5-1-2-6-4;1-5(2,3)4/h1-3H,(H,6,7);(H3,1,2,3,4). The van der Waals surface area contributed by atoms with Crippen LogP contribution >= 0.6 is 20.5 Å². The highest BCUT2D eigenvalue weighted by atomic mass is 32.1. The van der Waals surface area contributed by atoms with E-state index in [1.807, 2.05) is 0 Å². The first-order valence-corrected chi connectivity index (χ1v) is 4.64. The van der Waals surface area contributed by atoms with E-state index in [9.17, 15) is 0 Å². The smallest absolute Gasteiger partial charge is 0.303 e. The zero-order valence-electron chi connectivity index (χ0n) is 5.77. The van der Waals surface area contributed by atoms with E-state index in [0.717, 1.165) is 0 Å². The normalized spacial score (nSPS) is 10.0. The van der Waals surface area contributed by atoms with Gasteiger partial charge in [-0.2, -0.15) is 0 Å². The zero-order valence-corrected chi connectivity index (χ0v) is 7.56. The van der Waals surface area contributed by atoms with Crippen LogP contribution in [0.2, 0.25) is 0 Å². The second-order valence-electron chi connectivity index (χ2n) is 1.58. The van der Waals surface area contributed by atoms with E-state index in [1.54, 1.807) is 18.6 Å². The molecular formula is C4H7N2O4PS. The van der Waals surface area contributed by atoms with E-state index in [4.69, 9.17) is 19.2 Å². The van der Waals surface area contributed by atoms with Crippen molar-refractivity contribution in [3.05, 3.63) is 18.6 Å². The molecule has 0 amide bonds. The molecule has 0 saturated heterocycles. The Kier molecular flexibility index (Phi) is 5.03. The van der Waals surface area contributed by atoms with Crippen molar-refractivity contribution in [3.8, 4) is 0 Å². The summed E-state index contributed by atoms with van der Waals surface area (Å²) < 4.78 is 8.88. The average Bonchev–Trinajstić information content (AvgIpc) is 1.85. The maximum absolute atomic E-state index is 8.88. The van der Waals surface area contributed by atoms with Gasteiger partial charge in [-0.3, -0.25) is 4.98 Å². The molecule has 0 atom stereocenters. The molecule has 1 heterocycles. The quantitative estimate of drug-likeness (QED) is 0.350. The van der Waals surface area contributed by atoms with Gasteiger partial charge in [-0.1, -0.05) is 0 Å². The Morgan fingerprint density at radius 1 is 1.33 bits per heavy atom. The van der Waals surface area contributed by atoms with Crippen LogP contribution in [0.25, 0.3) is 0 Å². The molecule has 0 unspecified atom stereocenters. The number of hydrogen-bond acceptors (Lipinski definition) is 4. The predicted molar refractivity (Wildman–Crippen MR) is 43.5 cm³/mol. The Morgan fingerprint density at radius 3 is 2.00 bits per heavy atom. The van der Waals surface area contributed by atoms with Gasteiger partial charge in [-0.05, 0) is 0 Å². The van der Waals surface area contributed by atoms with Gasteiger partial charge in [0.15, 0.2) is 0 Å². The van der Waals surface area contributed by atoms with Gasteiger partial charge in [0.05, 0.1) is 6.20 Å². The minimum absolute atomic E-state index is 0.655. The first kappa shape index (κ1) is 11.5. The molecule has 8 heteroatoms. The molecule has 0 fully saturated rings. The Morgan fingerprint density at radius 2 is 1.83 bits per heavy atom. The Bertz CT molecular complexity index is 255. The van der Waals surface area contributed by atoms with Crippen LogP contribution in [0, 0.1) is 0 Å². The second-order valence-corrected chi connectivity index (χ2v) is 3.06. The molecule has 68 valence electrons.